The van der Waals surface area contributed by atoms with E-state index in [0.29, 0.717) is 18.8 Å². The number of aryl methyl sites for hydroxylation is 1. The van der Waals surface area contributed by atoms with E-state index in [2.05, 4.69) is 39.4 Å². The van der Waals surface area contributed by atoms with E-state index in [1.807, 2.05) is 19.1 Å². The zero-order valence-corrected chi connectivity index (χ0v) is 15.9. The van der Waals surface area contributed by atoms with Gasteiger partial charge in [-0.05, 0) is 43.7 Å². The van der Waals surface area contributed by atoms with E-state index in [0.717, 1.165) is 36.6 Å². The third-order valence-electron chi connectivity index (χ3n) is 4.39. The summed E-state index contributed by atoms with van der Waals surface area (Å²) in [5.41, 5.74) is 0.890. The third-order valence-corrected chi connectivity index (χ3v) is 4.39. The number of hydrogen-bond donors (Lipinski definition) is 2. The molecule has 1 atom stereocenters. The highest BCUT2D eigenvalue weighted by atomic mass is 16.1. The van der Waals surface area contributed by atoms with Gasteiger partial charge in [0.2, 0.25) is 5.91 Å². The van der Waals surface area contributed by atoms with Crippen molar-refractivity contribution < 1.29 is 4.79 Å². The average molecular weight is 345 g/mol. The number of rotatable bonds is 6. The molecular formula is C19H31N5O. The van der Waals surface area contributed by atoms with Gasteiger partial charge in [-0.1, -0.05) is 19.9 Å². The number of nitrogens with one attached hydrogen (secondary N) is 2. The van der Waals surface area contributed by atoms with Gasteiger partial charge in [0.05, 0.1) is 0 Å². The van der Waals surface area contributed by atoms with Crippen LogP contribution >= 0.6 is 0 Å². The van der Waals surface area contributed by atoms with Crippen molar-refractivity contribution in [2.75, 3.05) is 32.0 Å². The number of pyridine rings is 1. The maximum atomic E-state index is 12.0. The second kappa shape index (κ2) is 9.39. The molecule has 0 spiro atoms. The Hall–Kier alpha value is -2.11. The van der Waals surface area contributed by atoms with E-state index in [9.17, 15) is 4.79 Å². The highest BCUT2D eigenvalue weighted by molar-refractivity contribution is 5.90. The first-order valence-electron chi connectivity index (χ1n) is 9.17. The summed E-state index contributed by atoms with van der Waals surface area (Å²) in [5, 5.41) is 6.14. The smallest absolute Gasteiger partial charge is 0.227 e. The topological polar surface area (TPSA) is 69.6 Å². The van der Waals surface area contributed by atoms with Crippen LogP contribution in [0.5, 0.6) is 0 Å². The first-order valence-corrected chi connectivity index (χ1v) is 9.17. The number of carbonyl (C=O) groups is 1. The summed E-state index contributed by atoms with van der Waals surface area (Å²) < 4.78 is 0. The monoisotopic (exact) mass is 345 g/mol. The molecule has 0 bridgehead atoms. The molecule has 0 radical (unpaired) electrons. The van der Waals surface area contributed by atoms with Crippen molar-refractivity contribution in [2.45, 2.75) is 40.0 Å². The highest BCUT2D eigenvalue weighted by Crippen LogP contribution is 2.23. The van der Waals surface area contributed by atoms with Gasteiger partial charge >= 0.3 is 0 Å². The molecule has 1 aliphatic rings. The zero-order valence-electron chi connectivity index (χ0n) is 15.9. The summed E-state index contributed by atoms with van der Waals surface area (Å²) in [4.78, 5) is 23.0. The van der Waals surface area contributed by atoms with Gasteiger partial charge in [0.1, 0.15) is 5.82 Å². The molecular weight excluding hydrogens is 314 g/mol. The molecule has 2 heterocycles. The first-order chi connectivity index (χ1) is 12.0. The van der Waals surface area contributed by atoms with Gasteiger partial charge in [0, 0.05) is 38.8 Å². The van der Waals surface area contributed by atoms with Gasteiger partial charge in [-0.2, -0.15) is 0 Å². The van der Waals surface area contributed by atoms with Crippen LogP contribution in [-0.2, 0) is 4.79 Å². The normalized spacial score (nSPS) is 17.9. The van der Waals surface area contributed by atoms with Gasteiger partial charge in [-0.25, -0.2) is 4.98 Å². The van der Waals surface area contributed by atoms with Crippen LogP contribution in [0.1, 0.15) is 38.8 Å². The van der Waals surface area contributed by atoms with E-state index in [1.54, 1.807) is 13.1 Å². The van der Waals surface area contributed by atoms with Gasteiger partial charge in [-0.3, -0.25) is 9.79 Å². The maximum Gasteiger partial charge on any atom is 0.227 e. The second-order valence-electron chi connectivity index (χ2n) is 7.17. The molecule has 0 saturated carbocycles. The lowest BCUT2D eigenvalue weighted by Crippen LogP contribution is -2.41. The van der Waals surface area contributed by atoms with Gasteiger partial charge in [0.25, 0.3) is 0 Å². The minimum atomic E-state index is -0.0415. The Morgan fingerprint density at radius 3 is 2.92 bits per heavy atom. The van der Waals surface area contributed by atoms with E-state index in [-0.39, 0.29) is 5.91 Å². The van der Waals surface area contributed by atoms with Crippen LogP contribution in [0.4, 0.5) is 5.82 Å². The Morgan fingerprint density at radius 2 is 2.24 bits per heavy atom. The van der Waals surface area contributed by atoms with Crippen LogP contribution in [0.2, 0.25) is 0 Å². The molecule has 2 N–H and O–H groups in total. The summed E-state index contributed by atoms with van der Waals surface area (Å²) in [6.45, 7) is 9.11. The Labute approximate surface area is 151 Å². The largest absolute Gasteiger partial charge is 0.356 e. The van der Waals surface area contributed by atoms with Crippen molar-refractivity contribution in [1.29, 1.82) is 0 Å². The van der Waals surface area contributed by atoms with Crippen LogP contribution in [-0.4, -0.2) is 48.4 Å². The van der Waals surface area contributed by atoms with Crippen molar-refractivity contribution in [1.82, 2.24) is 15.2 Å². The Balaban J connectivity index is 1.73. The molecule has 1 aromatic rings. The van der Waals surface area contributed by atoms with Gasteiger partial charge < -0.3 is 15.5 Å². The predicted molar refractivity (Wildman–Crippen MR) is 103 cm³/mol. The zero-order chi connectivity index (χ0) is 18.2. The van der Waals surface area contributed by atoms with Crippen LogP contribution in [0, 0.1) is 18.8 Å². The number of aromatic nitrogens is 1. The summed E-state index contributed by atoms with van der Waals surface area (Å²) in [6, 6.07) is 5.60. The molecule has 1 aromatic heterocycles. The second-order valence-corrected chi connectivity index (χ2v) is 7.17. The molecule has 1 amide bonds. The van der Waals surface area contributed by atoms with Crippen LogP contribution in [0.15, 0.2) is 23.2 Å². The Bertz CT molecular complexity index is 599. The van der Waals surface area contributed by atoms with Crippen molar-refractivity contribution in [3.8, 4) is 0 Å². The number of anilines is 1. The number of guanidine groups is 1. The predicted octanol–water partition coefficient (Wildman–Crippen LogP) is 2.66. The van der Waals surface area contributed by atoms with E-state index in [1.165, 1.54) is 12.8 Å². The fourth-order valence-electron chi connectivity index (χ4n) is 3.32. The lowest BCUT2D eigenvalue weighted by molar-refractivity contribution is -0.116. The standard InChI is InChI=1S/C19H31N5O/c1-14(2)12-16-9-11-24(13-16)19(20-4)21-10-8-18(25)23-17-7-5-6-15(3)22-17/h5-7,14,16H,8-13H2,1-4H3,(H,20,21)(H,22,23,25). The van der Waals surface area contributed by atoms with Gasteiger partial charge in [-0.15, -0.1) is 0 Å². The third kappa shape index (κ3) is 6.36. The maximum absolute atomic E-state index is 12.0. The summed E-state index contributed by atoms with van der Waals surface area (Å²) in [7, 11) is 1.80. The lowest BCUT2D eigenvalue weighted by atomic mass is 9.97. The van der Waals surface area contributed by atoms with Crippen molar-refractivity contribution in [3.05, 3.63) is 23.9 Å². The fourth-order valence-corrected chi connectivity index (χ4v) is 3.32. The molecule has 138 valence electrons. The van der Waals surface area contributed by atoms with Gasteiger partial charge in [0.15, 0.2) is 5.96 Å². The number of likely N-dealkylation sites (tertiary alicyclic amines) is 1. The molecule has 1 unspecified atom stereocenters. The van der Waals surface area contributed by atoms with E-state index in [4.69, 9.17) is 0 Å². The molecule has 1 saturated heterocycles. The first kappa shape index (κ1) is 19.2. The molecule has 0 aliphatic carbocycles. The Morgan fingerprint density at radius 1 is 1.44 bits per heavy atom. The van der Waals surface area contributed by atoms with Crippen molar-refractivity contribution in [2.24, 2.45) is 16.8 Å². The molecule has 25 heavy (non-hydrogen) atoms. The summed E-state index contributed by atoms with van der Waals surface area (Å²) in [6.07, 6.45) is 2.87. The lowest BCUT2D eigenvalue weighted by Gasteiger charge is -2.22. The van der Waals surface area contributed by atoms with Crippen LogP contribution in [0.25, 0.3) is 0 Å². The number of amides is 1. The van der Waals surface area contributed by atoms with Crippen molar-refractivity contribution >= 4 is 17.7 Å². The quantitative estimate of drug-likeness (QED) is 0.614. The number of aliphatic imine (C=N–C) groups is 1. The molecule has 1 fully saturated rings. The van der Waals surface area contributed by atoms with Crippen molar-refractivity contribution in [3.63, 3.8) is 0 Å². The van der Waals surface area contributed by atoms with Crippen LogP contribution in [0.3, 0.4) is 0 Å². The number of hydrogen-bond acceptors (Lipinski definition) is 3. The molecule has 6 heteroatoms. The summed E-state index contributed by atoms with van der Waals surface area (Å²) >= 11 is 0. The average Bonchev–Trinajstić information content (AvgIpc) is 2.99. The molecule has 0 aromatic carbocycles. The minimum Gasteiger partial charge on any atom is -0.356 e. The highest BCUT2D eigenvalue weighted by Gasteiger charge is 2.25. The van der Waals surface area contributed by atoms with Crippen LogP contribution < -0.4 is 10.6 Å². The van der Waals surface area contributed by atoms with E-state index < -0.39 is 0 Å². The van der Waals surface area contributed by atoms with E-state index >= 15 is 0 Å². The number of nitrogens with zero attached hydrogens (tertiary/aromatic N) is 3. The fraction of sp³-hybridized carbons (Fsp3) is 0.632. The SMILES string of the molecule is CN=C(NCCC(=O)Nc1cccc(C)n1)N1CCC(CC(C)C)C1. The molecule has 6 nitrogen and oxygen atoms in total. The minimum absolute atomic E-state index is 0.0415. The summed E-state index contributed by atoms with van der Waals surface area (Å²) in [5.74, 6) is 2.94. The molecule has 2 rings (SSSR count). The molecule has 1 aliphatic heterocycles. The Kier molecular flexibility index (Phi) is 7.22. The number of carbonyl (C=O) groups excluding carboxylic acids is 1.